The van der Waals surface area contributed by atoms with E-state index >= 15 is 0 Å². The van der Waals surface area contributed by atoms with Gasteiger partial charge in [0.1, 0.15) is 6.10 Å². The Kier molecular flexibility index (Phi) is 2.05. The molecule has 52 valence electrons. The number of hydrogen-bond acceptors (Lipinski definition) is 3. The summed E-state index contributed by atoms with van der Waals surface area (Å²) in [6, 6.07) is 0. The van der Waals surface area contributed by atoms with Crippen LogP contribution in [0.5, 0.6) is 0 Å². The molecule has 1 aliphatic rings. The summed E-state index contributed by atoms with van der Waals surface area (Å²) < 4.78 is 4.88. The Morgan fingerprint density at radius 3 is 2.78 bits per heavy atom. The summed E-state index contributed by atoms with van der Waals surface area (Å²) in [5.41, 5.74) is 5.12. The van der Waals surface area contributed by atoms with Crippen molar-refractivity contribution in [2.24, 2.45) is 5.73 Å². The molecule has 3 heteroatoms. The zero-order valence-electron chi connectivity index (χ0n) is 5.30. The predicted molar refractivity (Wildman–Crippen MR) is 32.8 cm³/mol. The number of esters is 1. The third kappa shape index (κ3) is 2.46. The van der Waals surface area contributed by atoms with Crippen LogP contribution in [-0.2, 0) is 9.53 Å². The summed E-state index contributed by atoms with van der Waals surface area (Å²) in [6.45, 7) is 0.394. The lowest BCUT2D eigenvalue weighted by molar-refractivity contribution is -0.144. The third-order valence-corrected chi connectivity index (χ3v) is 1.17. The van der Waals surface area contributed by atoms with Gasteiger partial charge in [0.25, 0.3) is 0 Å². The van der Waals surface area contributed by atoms with E-state index in [9.17, 15) is 4.79 Å². The summed E-state index contributed by atoms with van der Waals surface area (Å²) in [5.74, 6) is -0.153. The quantitative estimate of drug-likeness (QED) is 0.547. The molecular formula is C6H11NO2. The first-order valence-corrected chi connectivity index (χ1v) is 3.22. The van der Waals surface area contributed by atoms with Gasteiger partial charge in [0.2, 0.25) is 0 Å². The fourth-order valence-electron chi connectivity index (χ4n) is 0.549. The zero-order chi connectivity index (χ0) is 6.69. The second kappa shape index (κ2) is 2.82. The average Bonchev–Trinajstić information content (AvgIpc) is 2.50. The Labute approximate surface area is 54.2 Å². The van der Waals surface area contributed by atoms with Crippen molar-refractivity contribution in [2.75, 3.05) is 6.54 Å². The number of carbonyl (C=O) groups is 1. The number of rotatable bonds is 3. The van der Waals surface area contributed by atoms with Gasteiger partial charge in [0, 0.05) is 6.54 Å². The monoisotopic (exact) mass is 129 g/mol. The lowest BCUT2D eigenvalue weighted by Crippen LogP contribution is -2.11. The maximum Gasteiger partial charge on any atom is 0.307 e. The average molecular weight is 129 g/mol. The van der Waals surface area contributed by atoms with Crippen LogP contribution in [0.1, 0.15) is 19.3 Å². The molecule has 0 bridgehead atoms. The molecule has 3 nitrogen and oxygen atoms in total. The molecule has 1 saturated carbocycles. The highest BCUT2D eigenvalue weighted by atomic mass is 16.5. The van der Waals surface area contributed by atoms with Crippen LogP contribution >= 0.6 is 0 Å². The van der Waals surface area contributed by atoms with E-state index in [-0.39, 0.29) is 12.1 Å². The largest absolute Gasteiger partial charge is 0.462 e. The summed E-state index contributed by atoms with van der Waals surface area (Å²) >= 11 is 0. The minimum Gasteiger partial charge on any atom is -0.462 e. The van der Waals surface area contributed by atoms with Crippen molar-refractivity contribution in [3.63, 3.8) is 0 Å². The zero-order valence-corrected chi connectivity index (χ0v) is 5.30. The molecule has 2 N–H and O–H groups in total. The van der Waals surface area contributed by atoms with E-state index < -0.39 is 0 Å². The molecule has 9 heavy (non-hydrogen) atoms. The van der Waals surface area contributed by atoms with Gasteiger partial charge in [-0.2, -0.15) is 0 Å². The van der Waals surface area contributed by atoms with Crippen molar-refractivity contribution in [3.8, 4) is 0 Å². The van der Waals surface area contributed by atoms with Crippen molar-refractivity contribution in [1.29, 1.82) is 0 Å². The summed E-state index contributed by atoms with van der Waals surface area (Å²) in [4.78, 5) is 10.6. The number of ether oxygens (including phenoxy) is 1. The molecule has 0 aromatic heterocycles. The number of carbonyl (C=O) groups excluding carboxylic acids is 1. The highest BCUT2D eigenvalue weighted by molar-refractivity contribution is 5.69. The molecule has 0 radical (unpaired) electrons. The summed E-state index contributed by atoms with van der Waals surface area (Å²) in [5, 5.41) is 0. The van der Waals surface area contributed by atoms with Crippen molar-refractivity contribution in [1.82, 2.24) is 0 Å². The van der Waals surface area contributed by atoms with Crippen LogP contribution in [-0.4, -0.2) is 18.6 Å². The topological polar surface area (TPSA) is 52.3 Å². The van der Waals surface area contributed by atoms with Gasteiger partial charge in [-0.25, -0.2) is 0 Å². The first-order valence-electron chi connectivity index (χ1n) is 3.22. The Bertz CT molecular complexity index is 110. The molecule has 1 rings (SSSR count). The van der Waals surface area contributed by atoms with Gasteiger partial charge < -0.3 is 10.5 Å². The van der Waals surface area contributed by atoms with Gasteiger partial charge in [-0.05, 0) is 12.8 Å². The summed E-state index contributed by atoms with van der Waals surface area (Å²) in [7, 11) is 0. The molecule has 0 aromatic carbocycles. The fraction of sp³-hybridized carbons (Fsp3) is 0.833. The Hall–Kier alpha value is -0.570. The molecule has 0 atom stereocenters. The van der Waals surface area contributed by atoms with Crippen molar-refractivity contribution < 1.29 is 9.53 Å². The van der Waals surface area contributed by atoms with E-state index in [1.54, 1.807) is 0 Å². The van der Waals surface area contributed by atoms with Crippen LogP contribution in [0.3, 0.4) is 0 Å². The molecule has 0 heterocycles. The Balaban J connectivity index is 2.02. The minimum atomic E-state index is -0.153. The van der Waals surface area contributed by atoms with Crippen LogP contribution in [0.4, 0.5) is 0 Å². The second-order valence-electron chi connectivity index (χ2n) is 2.23. The van der Waals surface area contributed by atoms with Gasteiger partial charge >= 0.3 is 5.97 Å². The van der Waals surface area contributed by atoms with E-state index in [0.29, 0.717) is 13.0 Å². The molecular weight excluding hydrogens is 118 g/mol. The molecule has 0 spiro atoms. The predicted octanol–water partition coefficient (Wildman–Crippen LogP) is 0.0408. The first kappa shape index (κ1) is 6.55. The highest BCUT2D eigenvalue weighted by Crippen LogP contribution is 2.23. The van der Waals surface area contributed by atoms with E-state index in [1.165, 1.54) is 0 Å². The van der Waals surface area contributed by atoms with E-state index in [2.05, 4.69) is 0 Å². The lowest BCUT2D eigenvalue weighted by atomic mass is 10.4. The molecule has 0 saturated heterocycles. The number of nitrogens with two attached hydrogens (primary N) is 1. The molecule has 0 aliphatic heterocycles. The van der Waals surface area contributed by atoms with Gasteiger partial charge in [0.05, 0.1) is 6.42 Å². The Morgan fingerprint density at radius 2 is 2.33 bits per heavy atom. The SMILES string of the molecule is NCCC(=O)OC1CC1. The molecule has 0 unspecified atom stereocenters. The molecule has 1 aliphatic carbocycles. The van der Waals surface area contributed by atoms with Crippen LogP contribution in [0.15, 0.2) is 0 Å². The van der Waals surface area contributed by atoms with Crippen LogP contribution in [0.25, 0.3) is 0 Å². The van der Waals surface area contributed by atoms with Gasteiger partial charge in [-0.3, -0.25) is 4.79 Å². The normalized spacial score (nSPS) is 17.4. The van der Waals surface area contributed by atoms with Crippen LogP contribution in [0.2, 0.25) is 0 Å². The Morgan fingerprint density at radius 1 is 1.67 bits per heavy atom. The highest BCUT2D eigenvalue weighted by Gasteiger charge is 2.25. The fourth-order valence-corrected chi connectivity index (χ4v) is 0.549. The number of hydrogen-bond donors (Lipinski definition) is 1. The van der Waals surface area contributed by atoms with E-state index in [0.717, 1.165) is 12.8 Å². The lowest BCUT2D eigenvalue weighted by Gasteiger charge is -1.98. The smallest absolute Gasteiger partial charge is 0.307 e. The second-order valence-corrected chi connectivity index (χ2v) is 2.23. The molecule has 1 fully saturated rings. The van der Waals surface area contributed by atoms with Crippen LogP contribution < -0.4 is 5.73 Å². The first-order chi connectivity index (χ1) is 4.33. The van der Waals surface area contributed by atoms with E-state index in [1.807, 2.05) is 0 Å². The van der Waals surface area contributed by atoms with E-state index in [4.69, 9.17) is 10.5 Å². The maximum absolute atomic E-state index is 10.6. The minimum absolute atomic E-state index is 0.153. The third-order valence-electron chi connectivity index (χ3n) is 1.17. The van der Waals surface area contributed by atoms with Crippen LogP contribution in [0, 0.1) is 0 Å². The standard InChI is InChI=1S/C6H11NO2/c7-4-3-6(8)9-5-1-2-5/h5H,1-4,7H2. The van der Waals surface area contributed by atoms with Crippen molar-refractivity contribution in [2.45, 2.75) is 25.4 Å². The summed E-state index contributed by atoms with van der Waals surface area (Å²) in [6.07, 6.45) is 2.66. The van der Waals surface area contributed by atoms with Crippen molar-refractivity contribution in [3.05, 3.63) is 0 Å². The van der Waals surface area contributed by atoms with Crippen molar-refractivity contribution >= 4 is 5.97 Å². The van der Waals surface area contributed by atoms with Gasteiger partial charge in [0.15, 0.2) is 0 Å². The van der Waals surface area contributed by atoms with Gasteiger partial charge in [-0.1, -0.05) is 0 Å². The maximum atomic E-state index is 10.6. The molecule has 0 amide bonds. The van der Waals surface area contributed by atoms with Gasteiger partial charge in [-0.15, -0.1) is 0 Å². The molecule has 0 aromatic rings.